The highest BCUT2D eigenvalue weighted by Crippen LogP contribution is 2.15. The quantitative estimate of drug-likeness (QED) is 0.563. The number of benzene rings is 1. The molecular weight excluding hydrogens is 203 g/mol. The van der Waals surface area contributed by atoms with Crippen molar-refractivity contribution in [1.82, 2.24) is 0 Å². The van der Waals surface area contributed by atoms with Crippen LogP contribution < -0.4 is 5.46 Å². The molecule has 0 saturated heterocycles. The molecule has 0 radical (unpaired) electrons. The Bertz CT molecular complexity index is 328. The minimum Gasteiger partial charge on any atom is -0.377 e. The third kappa shape index (κ3) is 3.63. The van der Waals surface area contributed by atoms with Crippen LogP contribution in [0.25, 0.3) is 0 Å². The van der Waals surface area contributed by atoms with Crippen LogP contribution in [-0.4, -0.2) is 26.2 Å². The molecule has 1 unspecified atom stereocenters. The molecule has 0 aliphatic rings. The van der Waals surface area contributed by atoms with Gasteiger partial charge in [0.15, 0.2) is 6.29 Å². The number of rotatable bonds is 6. The van der Waals surface area contributed by atoms with E-state index in [2.05, 4.69) is 0 Å². The van der Waals surface area contributed by atoms with Gasteiger partial charge in [-0.1, -0.05) is 17.6 Å². The maximum absolute atomic E-state index is 9.70. The lowest BCUT2D eigenvalue weighted by molar-refractivity contribution is -0.0980. The second-order valence-electron chi connectivity index (χ2n) is 3.63. The molecule has 0 aliphatic heterocycles. The van der Waals surface area contributed by atoms with Crippen molar-refractivity contribution in [3.05, 3.63) is 29.3 Å². The van der Waals surface area contributed by atoms with Crippen molar-refractivity contribution in [3.8, 4) is 0 Å². The molecule has 0 saturated carbocycles. The number of aliphatic hydroxyl groups excluding tert-OH is 1. The Morgan fingerprint density at radius 3 is 2.69 bits per heavy atom. The van der Waals surface area contributed by atoms with Gasteiger partial charge in [-0.2, -0.15) is 0 Å². The second kappa shape index (κ2) is 6.68. The zero-order valence-electron chi connectivity index (χ0n) is 10.2. The molecule has 0 heterocycles. The second-order valence-corrected chi connectivity index (χ2v) is 3.63. The van der Waals surface area contributed by atoms with Gasteiger partial charge in [-0.15, -0.1) is 0 Å². The van der Waals surface area contributed by atoms with Crippen LogP contribution in [0.5, 0.6) is 0 Å². The largest absolute Gasteiger partial charge is 0.377 e. The van der Waals surface area contributed by atoms with Gasteiger partial charge in [-0.25, -0.2) is 0 Å². The van der Waals surface area contributed by atoms with Gasteiger partial charge in [0, 0.05) is 18.8 Å². The first kappa shape index (κ1) is 13.2. The molecule has 1 aromatic rings. The Labute approximate surface area is 97.8 Å². The summed E-state index contributed by atoms with van der Waals surface area (Å²) >= 11 is 0. The third-order valence-corrected chi connectivity index (χ3v) is 2.44. The first-order chi connectivity index (χ1) is 7.69. The predicted molar refractivity (Wildman–Crippen MR) is 66.5 cm³/mol. The van der Waals surface area contributed by atoms with Crippen LogP contribution in [0.2, 0.25) is 0 Å². The molecule has 0 bridgehead atoms. The molecule has 1 atom stereocenters. The molecule has 3 nitrogen and oxygen atoms in total. The number of aliphatic hydroxyl groups is 1. The fourth-order valence-electron chi connectivity index (χ4n) is 1.47. The summed E-state index contributed by atoms with van der Waals surface area (Å²) in [5.41, 5.74) is 3.04. The van der Waals surface area contributed by atoms with Crippen LogP contribution >= 0.6 is 0 Å². The van der Waals surface area contributed by atoms with Crippen molar-refractivity contribution >= 4 is 13.3 Å². The lowest BCUT2D eigenvalue weighted by atomic mass is 9.89. The Morgan fingerprint density at radius 2 is 2.06 bits per heavy atom. The molecule has 16 heavy (non-hydrogen) atoms. The lowest BCUT2D eigenvalue weighted by Gasteiger charge is -2.14. The van der Waals surface area contributed by atoms with Crippen molar-refractivity contribution in [1.29, 1.82) is 0 Å². The van der Waals surface area contributed by atoms with Crippen LogP contribution in [0.15, 0.2) is 18.2 Å². The summed E-state index contributed by atoms with van der Waals surface area (Å²) < 4.78 is 10.5. The van der Waals surface area contributed by atoms with Crippen LogP contribution in [0.1, 0.15) is 31.3 Å². The van der Waals surface area contributed by atoms with E-state index in [1.54, 1.807) is 0 Å². The number of ether oxygens (including phenoxy) is 2. The van der Waals surface area contributed by atoms with E-state index in [4.69, 9.17) is 9.47 Å². The van der Waals surface area contributed by atoms with E-state index in [9.17, 15) is 5.11 Å². The van der Waals surface area contributed by atoms with Crippen LogP contribution in [0.3, 0.4) is 0 Å². The molecule has 1 N–H and O–H groups in total. The fourth-order valence-corrected chi connectivity index (χ4v) is 1.47. The lowest BCUT2D eigenvalue weighted by Crippen LogP contribution is -2.14. The zero-order valence-corrected chi connectivity index (χ0v) is 10.2. The molecule has 0 fully saturated rings. The van der Waals surface area contributed by atoms with E-state index in [1.165, 1.54) is 5.46 Å². The molecule has 0 aromatic heterocycles. The monoisotopic (exact) mass is 222 g/mol. The summed E-state index contributed by atoms with van der Waals surface area (Å²) in [7, 11) is 2.03. The molecule has 0 aliphatic carbocycles. The SMILES string of the molecule is Bc1ccc(C(O)OCC)cc1COCC. The average molecular weight is 222 g/mol. The first-order valence-electron chi connectivity index (χ1n) is 5.65. The van der Waals surface area contributed by atoms with Gasteiger partial charge in [0.2, 0.25) is 0 Å². The minimum atomic E-state index is -0.842. The normalized spacial score (nSPS) is 12.7. The summed E-state index contributed by atoms with van der Waals surface area (Å²) in [5.74, 6) is 0. The highest BCUT2D eigenvalue weighted by Gasteiger charge is 2.08. The number of hydrogen-bond donors (Lipinski definition) is 1. The Balaban J connectivity index is 2.80. The summed E-state index contributed by atoms with van der Waals surface area (Å²) in [6.45, 7) is 5.59. The summed E-state index contributed by atoms with van der Waals surface area (Å²) in [6, 6.07) is 5.79. The van der Waals surface area contributed by atoms with Crippen LogP contribution in [0.4, 0.5) is 0 Å². The molecule has 0 spiro atoms. The number of hydrogen-bond acceptors (Lipinski definition) is 3. The van der Waals surface area contributed by atoms with E-state index in [-0.39, 0.29) is 0 Å². The van der Waals surface area contributed by atoms with Crippen LogP contribution in [0, 0.1) is 0 Å². The van der Waals surface area contributed by atoms with Gasteiger partial charge >= 0.3 is 0 Å². The molecule has 4 heteroatoms. The van der Waals surface area contributed by atoms with E-state index >= 15 is 0 Å². The Hall–Kier alpha value is -0.835. The average Bonchev–Trinajstić information content (AvgIpc) is 2.28. The van der Waals surface area contributed by atoms with Crippen molar-refractivity contribution in [2.75, 3.05) is 13.2 Å². The highest BCUT2D eigenvalue weighted by atomic mass is 16.6. The zero-order chi connectivity index (χ0) is 12.0. The summed E-state index contributed by atoms with van der Waals surface area (Å²) in [4.78, 5) is 0. The van der Waals surface area contributed by atoms with Crippen molar-refractivity contribution in [2.45, 2.75) is 26.7 Å². The Morgan fingerprint density at radius 1 is 1.31 bits per heavy atom. The predicted octanol–water partition coefficient (Wildman–Crippen LogP) is 0.509. The van der Waals surface area contributed by atoms with Gasteiger partial charge in [0.25, 0.3) is 0 Å². The van der Waals surface area contributed by atoms with E-state index in [0.717, 1.165) is 11.1 Å². The minimum absolute atomic E-state index is 0.496. The van der Waals surface area contributed by atoms with E-state index in [1.807, 2.05) is 39.9 Å². The maximum Gasteiger partial charge on any atom is 0.181 e. The smallest absolute Gasteiger partial charge is 0.181 e. The molecule has 1 rings (SSSR count). The Kier molecular flexibility index (Phi) is 5.53. The molecule has 88 valence electrons. The van der Waals surface area contributed by atoms with Gasteiger partial charge in [0.1, 0.15) is 7.85 Å². The summed E-state index contributed by atoms with van der Waals surface area (Å²) in [5, 5.41) is 9.70. The fraction of sp³-hybridized carbons (Fsp3) is 0.500. The van der Waals surface area contributed by atoms with Gasteiger partial charge < -0.3 is 14.6 Å². The topological polar surface area (TPSA) is 38.7 Å². The summed E-state index contributed by atoms with van der Waals surface area (Å²) in [6.07, 6.45) is -0.842. The third-order valence-electron chi connectivity index (χ3n) is 2.44. The standard InChI is InChI=1S/C12H19BO3/c1-3-15-8-10-7-9(5-6-11(10)13)12(14)16-4-2/h5-7,12,14H,3-4,8,13H2,1-2H3. The molecule has 0 amide bonds. The van der Waals surface area contributed by atoms with Gasteiger partial charge in [-0.3, -0.25) is 0 Å². The molecular formula is C12H19BO3. The van der Waals surface area contributed by atoms with E-state index in [0.29, 0.717) is 19.8 Å². The van der Waals surface area contributed by atoms with Gasteiger partial charge in [-0.05, 0) is 25.5 Å². The van der Waals surface area contributed by atoms with E-state index < -0.39 is 6.29 Å². The van der Waals surface area contributed by atoms with Crippen molar-refractivity contribution in [3.63, 3.8) is 0 Å². The first-order valence-corrected chi connectivity index (χ1v) is 5.65. The van der Waals surface area contributed by atoms with Gasteiger partial charge in [0.05, 0.1) is 6.61 Å². The van der Waals surface area contributed by atoms with Crippen molar-refractivity contribution in [2.24, 2.45) is 0 Å². The highest BCUT2D eigenvalue weighted by molar-refractivity contribution is 6.33. The molecule has 1 aromatic carbocycles. The maximum atomic E-state index is 9.70. The van der Waals surface area contributed by atoms with Crippen molar-refractivity contribution < 1.29 is 14.6 Å². The van der Waals surface area contributed by atoms with Crippen LogP contribution in [-0.2, 0) is 16.1 Å².